The predicted octanol–water partition coefficient (Wildman–Crippen LogP) is 0.319. The SMILES string of the molecule is C#CCOC(=O)C(C)OC(=O)C[CH2]. The van der Waals surface area contributed by atoms with Crippen molar-refractivity contribution in [3.05, 3.63) is 6.92 Å². The fraction of sp³-hybridized carbons (Fsp3) is 0.444. The van der Waals surface area contributed by atoms with Crippen molar-refractivity contribution in [1.82, 2.24) is 0 Å². The summed E-state index contributed by atoms with van der Waals surface area (Å²) in [5.41, 5.74) is 0. The van der Waals surface area contributed by atoms with Gasteiger partial charge in [-0.25, -0.2) is 4.79 Å². The largest absolute Gasteiger partial charge is 0.451 e. The summed E-state index contributed by atoms with van der Waals surface area (Å²) >= 11 is 0. The van der Waals surface area contributed by atoms with Crippen LogP contribution in [-0.2, 0) is 19.1 Å². The smallest absolute Gasteiger partial charge is 0.348 e. The van der Waals surface area contributed by atoms with E-state index >= 15 is 0 Å². The van der Waals surface area contributed by atoms with Gasteiger partial charge in [-0.05, 0) is 13.8 Å². The second kappa shape index (κ2) is 6.06. The number of ether oxygens (including phenoxy) is 2. The van der Waals surface area contributed by atoms with Crippen LogP contribution in [0.25, 0.3) is 0 Å². The molecule has 0 aromatic carbocycles. The van der Waals surface area contributed by atoms with Gasteiger partial charge in [-0.15, -0.1) is 6.42 Å². The lowest BCUT2D eigenvalue weighted by Gasteiger charge is -2.10. The van der Waals surface area contributed by atoms with Gasteiger partial charge in [-0.1, -0.05) is 5.92 Å². The first-order valence-electron chi connectivity index (χ1n) is 3.70. The first kappa shape index (κ1) is 11.5. The molecule has 71 valence electrons. The van der Waals surface area contributed by atoms with Gasteiger partial charge in [0, 0.05) is 6.42 Å². The van der Waals surface area contributed by atoms with Gasteiger partial charge in [0.05, 0.1) is 0 Å². The van der Waals surface area contributed by atoms with Crippen molar-refractivity contribution in [1.29, 1.82) is 0 Å². The zero-order valence-electron chi connectivity index (χ0n) is 7.41. The Balaban J connectivity index is 3.83. The summed E-state index contributed by atoms with van der Waals surface area (Å²) in [4.78, 5) is 21.6. The molecule has 13 heavy (non-hydrogen) atoms. The number of hydrogen-bond donors (Lipinski definition) is 0. The summed E-state index contributed by atoms with van der Waals surface area (Å²) in [6.45, 7) is 4.59. The molecule has 0 aromatic heterocycles. The molecule has 0 fully saturated rings. The topological polar surface area (TPSA) is 52.6 Å². The lowest BCUT2D eigenvalue weighted by Crippen LogP contribution is -2.26. The highest BCUT2D eigenvalue weighted by Crippen LogP contribution is 1.96. The monoisotopic (exact) mass is 183 g/mol. The van der Waals surface area contributed by atoms with Crippen LogP contribution in [0.15, 0.2) is 0 Å². The van der Waals surface area contributed by atoms with Gasteiger partial charge in [0.25, 0.3) is 0 Å². The molecule has 0 saturated heterocycles. The maximum absolute atomic E-state index is 10.9. The second-order valence-electron chi connectivity index (χ2n) is 2.19. The van der Waals surface area contributed by atoms with Crippen molar-refractivity contribution >= 4 is 11.9 Å². The maximum atomic E-state index is 10.9. The Morgan fingerprint density at radius 2 is 2.23 bits per heavy atom. The third-order valence-electron chi connectivity index (χ3n) is 1.14. The minimum absolute atomic E-state index is 0.0211. The molecule has 0 aromatic rings. The van der Waals surface area contributed by atoms with Crippen LogP contribution >= 0.6 is 0 Å². The molecule has 1 unspecified atom stereocenters. The summed E-state index contributed by atoms with van der Waals surface area (Å²) in [7, 11) is 0. The highest BCUT2D eigenvalue weighted by Gasteiger charge is 2.17. The minimum Gasteiger partial charge on any atom is -0.451 e. The summed E-state index contributed by atoms with van der Waals surface area (Å²) in [5.74, 6) is 0.921. The molecule has 1 radical (unpaired) electrons. The zero-order valence-corrected chi connectivity index (χ0v) is 7.41. The standard InChI is InChI=1S/C9H11O4/c1-4-6-12-9(11)7(3)13-8(10)5-2/h1,7H,2,5-6H2,3H3. The van der Waals surface area contributed by atoms with Gasteiger partial charge in [0.1, 0.15) is 0 Å². The van der Waals surface area contributed by atoms with E-state index in [9.17, 15) is 9.59 Å². The van der Waals surface area contributed by atoms with Crippen molar-refractivity contribution in [2.75, 3.05) is 6.61 Å². The quantitative estimate of drug-likeness (QED) is 0.465. The Kier molecular flexibility index (Phi) is 5.37. The lowest BCUT2D eigenvalue weighted by atomic mass is 10.4. The van der Waals surface area contributed by atoms with Crippen LogP contribution in [0, 0.1) is 19.3 Å². The number of hydrogen-bond acceptors (Lipinski definition) is 4. The van der Waals surface area contributed by atoms with Crippen LogP contribution < -0.4 is 0 Å². The van der Waals surface area contributed by atoms with Gasteiger partial charge >= 0.3 is 11.9 Å². The normalized spacial score (nSPS) is 11.2. The van der Waals surface area contributed by atoms with Gasteiger partial charge in [-0.2, -0.15) is 0 Å². The molecule has 0 spiro atoms. The van der Waals surface area contributed by atoms with Gasteiger partial charge in [-0.3, -0.25) is 4.79 Å². The minimum atomic E-state index is -0.928. The van der Waals surface area contributed by atoms with Crippen molar-refractivity contribution in [3.8, 4) is 12.3 Å². The summed E-state index contributed by atoms with van der Waals surface area (Å²) in [5, 5.41) is 0. The molecule has 4 nitrogen and oxygen atoms in total. The predicted molar refractivity (Wildman–Crippen MR) is 45.3 cm³/mol. The van der Waals surface area contributed by atoms with Crippen molar-refractivity contribution in [3.63, 3.8) is 0 Å². The molecule has 1 atom stereocenters. The molecule has 0 aliphatic carbocycles. The Morgan fingerprint density at radius 1 is 1.62 bits per heavy atom. The fourth-order valence-electron chi connectivity index (χ4n) is 0.534. The average Bonchev–Trinajstić information content (AvgIpc) is 2.13. The number of carbonyl (C=O) groups excluding carboxylic acids is 2. The van der Waals surface area contributed by atoms with Crippen LogP contribution in [0.5, 0.6) is 0 Å². The molecule has 0 saturated carbocycles. The second-order valence-corrected chi connectivity index (χ2v) is 2.19. The van der Waals surface area contributed by atoms with Crippen molar-refractivity contribution < 1.29 is 19.1 Å². The van der Waals surface area contributed by atoms with Gasteiger partial charge in [0.15, 0.2) is 12.7 Å². The van der Waals surface area contributed by atoms with Crippen molar-refractivity contribution in [2.45, 2.75) is 19.4 Å². The molecule has 0 bridgehead atoms. The summed E-state index contributed by atoms with van der Waals surface area (Å²) < 4.78 is 9.14. The molecular formula is C9H11O4. The molecule has 0 aliphatic heterocycles. The van der Waals surface area contributed by atoms with Crippen LogP contribution in [0.2, 0.25) is 0 Å². The molecule has 0 N–H and O–H groups in total. The van der Waals surface area contributed by atoms with E-state index in [1.165, 1.54) is 6.92 Å². The average molecular weight is 183 g/mol. The number of rotatable bonds is 4. The maximum Gasteiger partial charge on any atom is 0.348 e. The van der Waals surface area contributed by atoms with Gasteiger partial charge in [0.2, 0.25) is 0 Å². The molecule has 0 aliphatic rings. The Morgan fingerprint density at radius 3 is 2.69 bits per heavy atom. The Hall–Kier alpha value is -1.50. The fourth-order valence-corrected chi connectivity index (χ4v) is 0.534. The van der Waals surface area contributed by atoms with Crippen LogP contribution in [0.3, 0.4) is 0 Å². The molecule has 0 rings (SSSR count). The number of terminal acetylenes is 1. The van der Waals surface area contributed by atoms with E-state index in [1.54, 1.807) is 0 Å². The highest BCUT2D eigenvalue weighted by atomic mass is 16.6. The van der Waals surface area contributed by atoms with E-state index in [1.807, 2.05) is 0 Å². The molecule has 0 amide bonds. The Bertz CT molecular complexity index is 226. The van der Waals surface area contributed by atoms with Gasteiger partial charge < -0.3 is 9.47 Å². The van der Waals surface area contributed by atoms with Crippen LogP contribution in [0.1, 0.15) is 13.3 Å². The van der Waals surface area contributed by atoms with E-state index in [2.05, 4.69) is 22.3 Å². The lowest BCUT2D eigenvalue weighted by molar-refractivity contribution is -0.165. The summed E-state index contributed by atoms with van der Waals surface area (Å²) in [6.07, 6.45) is 3.91. The third-order valence-corrected chi connectivity index (χ3v) is 1.14. The zero-order chi connectivity index (χ0) is 10.3. The van der Waals surface area contributed by atoms with Crippen LogP contribution in [-0.4, -0.2) is 24.6 Å². The van der Waals surface area contributed by atoms with E-state index in [4.69, 9.17) is 6.42 Å². The van der Waals surface area contributed by atoms with Crippen molar-refractivity contribution in [2.24, 2.45) is 0 Å². The Labute approximate surface area is 77.2 Å². The number of esters is 2. The van der Waals surface area contributed by atoms with E-state index in [0.29, 0.717) is 0 Å². The van der Waals surface area contributed by atoms with Crippen LogP contribution in [0.4, 0.5) is 0 Å². The van der Waals surface area contributed by atoms with E-state index < -0.39 is 18.0 Å². The number of carbonyl (C=O) groups is 2. The molecule has 0 heterocycles. The summed E-state index contributed by atoms with van der Waals surface area (Å²) in [6, 6.07) is 0. The van der Waals surface area contributed by atoms with E-state index in [-0.39, 0.29) is 13.0 Å². The first-order chi connectivity index (χ1) is 6.11. The van der Waals surface area contributed by atoms with E-state index in [0.717, 1.165) is 0 Å². The first-order valence-corrected chi connectivity index (χ1v) is 3.70. The highest BCUT2D eigenvalue weighted by molar-refractivity contribution is 5.79. The molecular weight excluding hydrogens is 172 g/mol. The third kappa shape index (κ3) is 4.86. The molecule has 4 heteroatoms.